The Morgan fingerprint density at radius 2 is 1.76 bits per heavy atom. The Hall–Kier alpha value is -2.69. The fourth-order valence-corrected chi connectivity index (χ4v) is 5.16. The molecule has 2 saturated heterocycles. The summed E-state index contributed by atoms with van der Waals surface area (Å²) in [4.78, 5) is 16.4. The first kappa shape index (κ1) is 28.3. The average Bonchev–Trinajstić information content (AvgIpc) is 2.91. The van der Waals surface area contributed by atoms with Gasteiger partial charge < -0.3 is 40.3 Å². The fourth-order valence-electron chi connectivity index (χ4n) is 5.16. The molecule has 0 aromatic heterocycles. The molecule has 2 aliphatic heterocycles. The van der Waals surface area contributed by atoms with Crippen LogP contribution in [0.5, 0.6) is 5.75 Å². The molecule has 4 atom stereocenters. The molecule has 0 unspecified atom stereocenters. The van der Waals surface area contributed by atoms with Crippen molar-refractivity contribution in [3.8, 4) is 5.75 Å². The fraction of sp³-hybridized carbons (Fsp3) is 0.552. The minimum Gasteiger partial charge on any atom is -0.508 e. The van der Waals surface area contributed by atoms with Gasteiger partial charge in [-0.15, -0.1) is 0 Å². The first-order valence-electron chi connectivity index (χ1n) is 13.5. The number of urea groups is 1. The molecular formula is C29H41N3O6. The molecule has 208 valence electrons. The Morgan fingerprint density at radius 1 is 1.08 bits per heavy atom. The van der Waals surface area contributed by atoms with E-state index in [1.165, 1.54) is 5.56 Å². The van der Waals surface area contributed by atoms with Gasteiger partial charge in [0.25, 0.3) is 0 Å². The van der Waals surface area contributed by atoms with Crippen molar-refractivity contribution in [2.24, 2.45) is 0 Å². The first-order valence-corrected chi connectivity index (χ1v) is 13.5. The summed E-state index contributed by atoms with van der Waals surface area (Å²) < 4.78 is 5.80. The zero-order valence-corrected chi connectivity index (χ0v) is 22.3. The number of phenolic OH excluding ortho intramolecular Hbond substituents is 1. The number of nitrogens with zero attached hydrogens (tertiary/aromatic N) is 2. The quantitative estimate of drug-likeness (QED) is 0.331. The van der Waals surface area contributed by atoms with E-state index >= 15 is 0 Å². The van der Waals surface area contributed by atoms with Gasteiger partial charge in [0, 0.05) is 44.7 Å². The average molecular weight is 528 g/mol. The Bertz CT molecular complexity index is 1070. The summed E-state index contributed by atoms with van der Waals surface area (Å²) in [5, 5.41) is 43.4. The van der Waals surface area contributed by atoms with E-state index in [9.17, 15) is 25.2 Å². The predicted molar refractivity (Wildman–Crippen MR) is 144 cm³/mol. The number of hydrogen-bond acceptors (Lipinski definition) is 7. The second-order valence-corrected chi connectivity index (χ2v) is 10.6. The third-order valence-electron chi connectivity index (χ3n) is 7.71. The van der Waals surface area contributed by atoms with Gasteiger partial charge in [0.15, 0.2) is 0 Å². The molecule has 2 amide bonds. The molecule has 9 heteroatoms. The smallest absolute Gasteiger partial charge is 0.317 e. The minimum atomic E-state index is -1.16. The lowest BCUT2D eigenvalue weighted by Gasteiger charge is -2.37. The van der Waals surface area contributed by atoms with Crippen LogP contribution in [0.1, 0.15) is 46.8 Å². The SMILES string of the molecule is Cc1cc(O)c([C@H]2C[C@@H](O)[C@H](O)[C@@H](CO)O2)cc1Cc1ccc(CCCNC(=O)N2CCN(C)CC2)cc1. The van der Waals surface area contributed by atoms with Crippen molar-refractivity contribution in [1.29, 1.82) is 0 Å². The van der Waals surface area contributed by atoms with Crippen LogP contribution in [0.4, 0.5) is 4.79 Å². The number of aryl methyl sites for hydroxylation is 2. The summed E-state index contributed by atoms with van der Waals surface area (Å²) in [6.07, 6.45) is -1.16. The van der Waals surface area contributed by atoms with Crippen LogP contribution in [-0.2, 0) is 17.6 Å². The number of amides is 2. The van der Waals surface area contributed by atoms with Gasteiger partial charge in [-0.1, -0.05) is 24.3 Å². The number of nitrogens with one attached hydrogen (secondary N) is 1. The maximum absolute atomic E-state index is 12.3. The van der Waals surface area contributed by atoms with Crippen LogP contribution in [0.25, 0.3) is 0 Å². The van der Waals surface area contributed by atoms with Crippen molar-refractivity contribution < 1.29 is 30.0 Å². The first-order chi connectivity index (χ1) is 18.2. The Balaban J connectivity index is 1.31. The van der Waals surface area contributed by atoms with E-state index < -0.39 is 31.0 Å². The van der Waals surface area contributed by atoms with E-state index in [1.807, 2.05) is 17.9 Å². The van der Waals surface area contributed by atoms with Gasteiger partial charge in [-0.05, 0) is 67.6 Å². The number of likely N-dealkylation sites (N-methyl/N-ethyl adjacent to an activating group) is 1. The van der Waals surface area contributed by atoms with Gasteiger partial charge in [0.05, 0.1) is 18.8 Å². The second-order valence-electron chi connectivity index (χ2n) is 10.6. The molecule has 4 rings (SSSR count). The molecule has 9 nitrogen and oxygen atoms in total. The molecule has 38 heavy (non-hydrogen) atoms. The van der Waals surface area contributed by atoms with E-state index in [0.29, 0.717) is 18.5 Å². The third-order valence-corrected chi connectivity index (χ3v) is 7.71. The van der Waals surface area contributed by atoms with Crippen LogP contribution < -0.4 is 5.32 Å². The van der Waals surface area contributed by atoms with Gasteiger partial charge in [-0.2, -0.15) is 0 Å². The standard InChI is InChI=1S/C29H41N3O6/c1-19-14-24(34)23(26-17-25(35)28(36)27(18-33)38-26)16-22(19)15-21-7-5-20(6-8-21)4-3-9-30-29(37)32-12-10-31(2)11-13-32/h5-8,14,16,25-28,33-36H,3-4,9-13,15,17-18H2,1-2H3,(H,30,37)/t25-,26-,27-,28+/m1/s1. The number of benzene rings is 2. The number of hydrogen-bond donors (Lipinski definition) is 5. The third kappa shape index (κ3) is 7.03. The van der Waals surface area contributed by atoms with E-state index in [4.69, 9.17) is 4.74 Å². The van der Waals surface area contributed by atoms with Crippen LogP contribution >= 0.6 is 0 Å². The van der Waals surface area contributed by atoms with Crippen molar-refractivity contribution in [3.63, 3.8) is 0 Å². The molecule has 0 spiro atoms. The molecule has 2 aromatic carbocycles. The summed E-state index contributed by atoms with van der Waals surface area (Å²) in [7, 11) is 2.07. The number of aliphatic hydroxyl groups excluding tert-OH is 3. The Labute approximate surface area is 224 Å². The normalized spacial score (nSPS) is 24.4. The van der Waals surface area contributed by atoms with E-state index in [0.717, 1.165) is 55.7 Å². The van der Waals surface area contributed by atoms with Gasteiger partial charge in [0.2, 0.25) is 0 Å². The molecule has 2 fully saturated rings. The number of carbonyl (C=O) groups is 1. The number of carbonyl (C=O) groups excluding carboxylic acids is 1. The summed E-state index contributed by atoms with van der Waals surface area (Å²) in [5.41, 5.74) is 4.86. The van der Waals surface area contributed by atoms with Crippen molar-refractivity contribution in [2.45, 2.75) is 57.0 Å². The Kier molecular flexibility index (Phi) is 9.62. The number of aromatic hydroxyl groups is 1. The molecule has 0 bridgehead atoms. The van der Waals surface area contributed by atoms with Crippen LogP contribution in [-0.4, -0.2) is 101 Å². The predicted octanol–water partition coefficient (Wildman–Crippen LogP) is 1.73. The van der Waals surface area contributed by atoms with E-state index in [-0.39, 0.29) is 18.2 Å². The number of phenols is 1. The second kappa shape index (κ2) is 12.9. The van der Waals surface area contributed by atoms with Crippen LogP contribution in [0.15, 0.2) is 36.4 Å². The van der Waals surface area contributed by atoms with Crippen molar-refractivity contribution in [1.82, 2.24) is 15.1 Å². The lowest BCUT2D eigenvalue weighted by Crippen LogP contribution is -2.50. The number of rotatable bonds is 8. The van der Waals surface area contributed by atoms with Crippen molar-refractivity contribution >= 4 is 6.03 Å². The monoisotopic (exact) mass is 527 g/mol. The number of ether oxygens (including phenoxy) is 1. The highest BCUT2D eigenvalue weighted by Crippen LogP contribution is 2.38. The molecule has 2 aliphatic rings. The maximum Gasteiger partial charge on any atom is 0.317 e. The molecule has 0 aliphatic carbocycles. The van der Waals surface area contributed by atoms with Crippen LogP contribution in [0.2, 0.25) is 0 Å². The maximum atomic E-state index is 12.3. The largest absolute Gasteiger partial charge is 0.508 e. The van der Waals surface area contributed by atoms with Crippen molar-refractivity contribution in [3.05, 3.63) is 64.2 Å². The molecule has 0 radical (unpaired) electrons. The summed E-state index contributed by atoms with van der Waals surface area (Å²) in [6, 6.07) is 12.0. The van der Waals surface area contributed by atoms with Gasteiger partial charge in [-0.25, -0.2) is 4.79 Å². The van der Waals surface area contributed by atoms with Gasteiger partial charge in [0.1, 0.15) is 18.0 Å². The van der Waals surface area contributed by atoms with Crippen molar-refractivity contribution in [2.75, 3.05) is 46.4 Å². The zero-order valence-electron chi connectivity index (χ0n) is 22.3. The van der Waals surface area contributed by atoms with Gasteiger partial charge in [-0.3, -0.25) is 0 Å². The molecule has 0 saturated carbocycles. The molecule has 5 N–H and O–H groups in total. The highest BCUT2D eigenvalue weighted by atomic mass is 16.5. The summed E-state index contributed by atoms with van der Waals surface area (Å²) in [6.45, 7) is 5.55. The van der Waals surface area contributed by atoms with E-state index in [2.05, 4.69) is 41.5 Å². The highest BCUT2D eigenvalue weighted by molar-refractivity contribution is 5.74. The van der Waals surface area contributed by atoms with E-state index in [1.54, 1.807) is 6.07 Å². The molecular weight excluding hydrogens is 486 g/mol. The number of aliphatic hydroxyl groups is 3. The lowest BCUT2D eigenvalue weighted by atomic mass is 9.90. The Morgan fingerprint density at radius 3 is 2.45 bits per heavy atom. The topological polar surface area (TPSA) is 126 Å². The minimum absolute atomic E-state index is 0.0216. The molecule has 2 aromatic rings. The molecule has 2 heterocycles. The highest BCUT2D eigenvalue weighted by Gasteiger charge is 2.38. The number of piperazine rings is 1. The summed E-state index contributed by atoms with van der Waals surface area (Å²) >= 11 is 0. The zero-order chi connectivity index (χ0) is 27.2. The van der Waals surface area contributed by atoms with Gasteiger partial charge >= 0.3 is 6.03 Å². The lowest BCUT2D eigenvalue weighted by molar-refractivity contribution is -0.181. The van der Waals surface area contributed by atoms with Crippen LogP contribution in [0.3, 0.4) is 0 Å². The summed E-state index contributed by atoms with van der Waals surface area (Å²) in [5.74, 6) is 0.0755. The van der Waals surface area contributed by atoms with Crippen LogP contribution in [0, 0.1) is 6.92 Å².